The fraction of sp³-hybridized carbons (Fsp3) is 0.698. The molecule has 0 aliphatic heterocycles. The number of carbonyl (C=O) groups is 1. The Hall–Kier alpha value is -2.73. The fourth-order valence-corrected chi connectivity index (χ4v) is 12.2. The zero-order chi connectivity index (χ0) is 35.1. The van der Waals surface area contributed by atoms with Crippen LogP contribution in [0.5, 0.6) is 5.75 Å². The summed E-state index contributed by atoms with van der Waals surface area (Å²) in [6.45, 7) is 17.3. The van der Waals surface area contributed by atoms with Crippen molar-refractivity contribution in [3.05, 3.63) is 54.1 Å². The van der Waals surface area contributed by atoms with Crippen molar-refractivity contribution >= 4 is 17.3 Å². The van der Waals surface area contributed by atoms with Gasteiger partial charge in [-0.2, -0.15) is 0 Å². The van der Waals surface area contributed by atoms with E-state index in [2.05, 4.69) is 48.5 Å². The van der Waals surface area contributed by atoms with Gasteiger partial charge in [-0.15, -0.1) is 0 Å². The molecule has 0 heterocycles. The number of ether oxygens (including phenoxy) is 3. The fourth-order valence-electron chi connectivity index (χ4n) is 12.2. The average Bonchev–Trinajstić information content (AvgIpc) is 3.39. The highest BCUT2D eigenvalue weighted by atomic mass is 16.7. The molecule has 0 radical (unpaired) electrons. The van der Waals surface area contributed by atoms with Gasteiger partial charge in [0.05, 0.1) is 11.7 Å². The second-order valence-electron chi connectivity index (χ2n) is 18.0. The topological polar surface area (TPSA) is 96.8 Å². The third-order valence-electron chi connectivity index (χ3n) is 14.4. The van der Waals surface area contributed by atoms with E-state index >= 15 is 0 Å². The number of anilines is 2. The quantitative estimate of drug-likeness (QED) is 0.140. The maximum Gasteiger partial charge on any atom is 0.338 e. The first-order valence-corrected chi connectivity index (χ1v) is 19.4. The highest BCUT2D eigenvalue weighted by Crippen LogP contribution is 2.71. The summed E-state index contributed by atoms with van der Waals surface area (Å²) in [5.41, 5.74) is 14.0. The van der Waals surface area contributed by atoms with Crippen LogP contribution in [0.4, 0.5) is 11.4 Å². The highest BCUT2D eigenvalue weighted by molar-refractivity contribution is 5.90. The van der Waals surface area contributed by atoms with Crippen molar-refractivity contribution in [2.45, 2.75) is 125 Å². The first kappa shape index (κ1) is 36.1. The molecule has 6 heteroatoms. The molecule has 6 rings (SSSR count). The number of benzene rings is 2. The molecule has 49 heavy (non-hydrogen) atoms. The molecule has 0 aromatic heterocycles. The maximum absolute atomic E-state index is 13.5. The summed E-state index contributed by atoms with van der Waals surface area (Å²) < 4.78 is 19.5. The summed E-state index contributed by atoms with van der Waals surface area (Å²) in [7, 11) is 0. The molecule has 0 saturated heterocycles. The Morgan fingerprint density at radius 2 is 1.55 bits per heavy atom. The molecule has 0 spiro atoms. The molecule has 10 unspecified atom stereocenters. The predicted molar refractivity (Wildman–Crippen MR) is 199 cm³/mol. The minimum absolute atomic E-state index is 0.000969. The molecule has 270 valence electrons. The number of nitrogens with two attached hydrogens (primary N) is 2. The SMILES string of the molecule is CC(C)CCCC(C)C1CCC2C3CC(OCOc4cccc(N)c4)C4C(C)(C)C(OC(=O)c5cccc(N)c5)CCC4(C)C3CCC12C. The molecule has 4 aliphatic rings. The van der Waals surface area contributed by atoms with E-state index in [4.69, 9.17) is 25.7 Å². The van der Waals surface area contributed by atoms with Crippen molar-refractivity contribution in [1.29, 1.82) is 0 Å². The van der Waals surface area contributed by atoms with Gasteiger partial charge in [-0.1, -0.05) is 79.9 Å². The van der Waals surface area contributed by atoms with Gasteiger partial charge in [0.25, 0.3) is 0 Å². The Labute approximate surface area is 296 Å². The molecule has 0 bridgehead atoms. The Morgan fingerprint density at radius 3 is 2.27 bits per heavy atom. The second kappa shape index (κ2) is 14.1. The van der Waals surface area contributed by atoms with Crippen LogP contribution in [0.3, 0.4) is 0 Å². The van der Waals surface area contributed by atoms with E-state index in [1.54, 1.807) is 18.2 Å². The van der Waals surface area contributed by atoms with Gasteiger partial charge >= 0.3 is 5.97 Å². The third-order valence-corrected chi connectivity index (χ3v) is 14.4. The number of hydrogen-bond donors (Lipinski definition) is 2. The van der Waals surface area contributed by atoms with E-state index in [-0.39, 0.29) is 41.7 Å². The molecular weight excluding hydrogens is 608 g/mol. The minimum Gasteiger partial charge on any atom is -0.467 e. The molecule has 4 fully saturated rings. The van der Waals surface area contributed by atoms with Crippen molar-refractivity contribution in [3.8, 4) is 5.75 Å². The summed E-state index contributed by atoms with van der Waals surface area (Å²) in [4.78, 5) is 13.5. The number of nitrogen functional groups attached to an aromatic ring is 2. The van der Waals surface area contributed by atoms with Gasteiger partial charge in [0.15, 0.2) is 6.79 Å². The molecule has 6 nitrogen and oxygen atoms in total. The van der Waals surface area contributed by atoms with E-state index < -0.39 is 0 Å². The number of fused-ring (bicyclic) bond motifs is 5. The van der Waals surface area contributed by atoms with Gasteiger partial charge in [-0.3, -0.25) is 0 Å². The first-order chi connectivity index (χ1) is 23.2. The maximum atomic E-state index is 13.5. The van der Waals surface area contributed by atoms with Crippen LogP contribution in [0.2, 0.25) is 0 Å². The van der Waals surface area contributed by atoms with Crippen LogP contribution in [0.25, 0.3) is 0 Å². The number of esters is 1. The van der Waals surface area contributed by atoms with Crippen molar-refractivity contribution < 1.29 is 19.0 Å². The van der Waals surface area contributed by atoms with E-state index in [1.807, 2.05) is 30.3 Å². The van der Waals surface area contributed by atoms with Crippen molar-refractivity contribution in [2.24, 2.45) is 57.7 Å². The molecule has 2 aromatic carbocycles. The third kappa shape index (κ3) is 6.97. The molecule has 2 aromatic rings. The number of carbonyl (C=O) groups excluding carboxylic acids is 1. The lowest BCUT2D eigenvalue weighted by molar-refractivity contribution is -0.239. The van der Waals surface area contributed by atoms with Crippen LogP contribution in [0.1, 0.15) is 123 Å². The van der Waals surface area contributed by atoms with Crippen LogP contribution in [0, 0.1) is 57.7 Å². The van der Waals surface area contributed by atoms with E-state index in [0.717, 1.165) is 48.7 Å². The monoisotopic (exact) mass is 672 g/mol. The van der Waals surface area contributed by atoms with E-state index in [9.17, 15) is 4.79 Å². The van der Waals surface area contributed by atoms with Crippen LogP contribution >= 0.6 is 0 Å². The first-order valence-electron chi connectivity index (χ1n) is 19.4. The van der Waals surface area contributed by atoms with Crippen molar-refractivity contribution in [3.63, 3.8) is 0 Å². The van der Waals surface area contributed by atoms with Gasteiger partial charge in [0.2, 0.25) is 0 Å². The summed E-state index contributed by atoms with van der Waals surface area (Å²) in [5, 5.41) is 0. The lowest BCUT2D eigenvalue weighted by Gasteiger charge is -2.66. The smallest absolute Gasteiger partial charge is 0.338 e. The van der Waals surface area contributed by atoms with Crippen molar-refractivity contribution in [1.82, 2.24) is 0 Å². The number of rotatable bonds is 11. The molecule has 4 aliphatic carbocycles. The normalized spacial score (nSPS) is 35.6. The van der Waals surface area contributed by atoms with E-state index in [1.165, 1.54) is 44.9 Å². The zero-order valence-corrected chi connectivity index (χ0v) is 31.4. The Bertz CT molecular complexity index is 1460. The minimum atomic E-state index is -0.293. The highest BCUT2D eigenvalue weighted by Gasteiger charge is 2.66. The van der Waals surface area contributed by atoms with E-state index in [0.29, 0.717) is 34.2 Å². The summed E-state index contributed by atoms with van der Waals surface area (Å²) >= 11 is 0. The summed E-state index contributed by atoms with van der Waals surface area (Å²) in [6.07, 6.45) is 12.1. The Morgan fingerprint density at radius 1 is 0.857 bits per heavy atom. The van der Waals surface area contributed by atoms with Gasteiger partial charge in [-0.05, 0) is 128 Å². The molecule has 10 atom stereocenters. The van der Waals surface area contributed by atoms with Crippen molar-refractivity contribution in [2.75, 3.05) is 18.3 Å². The van der Waals surface area contributed by atoms with Crippen LogP contribution in [0.15, 0.2) is 48.5 Å². The van der Waals surface area contributed by atoms with Gasteiger partial charge < -0.3 is 25.7 Å². The standard InChI is InChI=1S/C43H64N2O4/c1-27(2)11-8-12-28(3)34-17-18-35-33-25-37(48-26-47-32-16-10-15-31(45)24-32)39-41(4,5)38(49-40(46)29-13-9-14-30(44)23-29)20-22-43(39,7)36(33)19-21-42(34,35)6/h9-10,13-16,23-24,27-28,33-39H,8,11-12,17-22,25-26,44-45H2,1-7H3. The average molecular weight is 673 g/mol. The lowest BCUT2D eigenvalue weighted by atomic mass is 9.40. The molecular formula is C43H64N2O4. The van der Waals surface area contributed by atoms with Crippen LogP contribution < -0.4 is 16.2 Å². The van der Waals surface area contributed by atoms with Gasteiger partial charge in [0.1, 0.15) is 11.9 Å². The van der Waals surface area contributed by atoms with Gasteiger partial charge in [-0.25, -0.2) is 4.79 Å². The predicted octanol–water partition coefficient (Wildman–Crippen LogP) is 10.2. The Kier molecular flexibility index (Phi) is 10.4. The van der Waals surface area contributed by atoms with Gasteiger partial charge in [0, 0.05) is 22.9 Å². The molecule has 4 saturated carbocycles. The summed E-state index contributed by atoms with van der Waals surface area (Å²) in [6, 6.07) is 14.7. The molecule has 0 amide bonds. The summed E-state index contributed by atoms with van der Waals surface area (Å²) in [5.74, 6) is 5.02. The second-order valence-corrected chi connectivity index (χ2v) is 18.0. The molecule has 4 N–H and O–H groups in total. The largest absolute Gasteiger partial charge is 0.467 e. The number of hydrogen-bond acceptors (Lipinski definition) is 6. The lowest BCUT2D eigenvalue weighted by Crippen LogP contribution is -2.64. The van der Waals surface area contributed by atoms with Crippen LogP contribution in [-0.4, -0.2) is 25.0 Å². The van der Waals surface area contributed by atoms with Crippen LogP contribution in [-0.2, 0) is 9.47 Å². The Balaban J connectivity index is 1.26. The zero-order valence-electron chi connectivity index (χ0n) is 31.4.